The smallest absolute Gasteiger partial charge is 0.231 e. The van der Waals surface area contributed by atoms with Gasteiger partial charge in [-0.15, -0.1) is 0 Å². The molecule has 0 amide bonds. The Morgan fingerprint density at radius 2 is 1.81 bits per heavy atom. The Bertz CT molecular complexity index is 1080. The van der Waals surface area contributed by atoms with Crippen molar-refractivity contribution < 1.29 is 9.26 Å². The molecule has 3 aromatic carbocycles. The lowest BCUT2D eigenvalue weighted by Gasteiger charge is -2.12. The van der Waals surface area contributed by atoms with Gasteiger partial charge in [0.15, 0.2) is 0 Å². The summed E-state index contributed by atoms with van der Waals surface area (Å²) >= 11 is 0. The number of benzene rings is 3. The van der Waals surface area contributed by atoms with Crippen LogP contribution in [0.1, 0.15) is 30.9 Å². The number of aromatic nitrogens is 2. The van der Waals surface area contributed by atoms with E-state index in [2.05, 4.69) is 46.5 Å². The molecule has 136 valence electrons. The van der Waals surface area contributed by atoms with Crippen LogP contribution in [0.15, 0.2) is 65.2 Å². The molecule has 0 spiro atoms. The minimum atomic E-state index is 0.145. The molecule has 0 fully saturated rings. The predicted octanol–water partition coefficient (Wildman–Crippen LogP) is 5.58. The lowest BCUT2D eigenvalue weighted by molar-refractivity contribution is 0.241. The summed E-state index contributed by atoms with van der Waals surface area (Å²) in [7, 11) is 0. The van der Waals surface area contributed by atoms with Gasteiger partial charge < -0.3 is 9.26 Å². The molecule has 0 saturated heterocycles. The zero-order chi connectivity index (χ0) is 18.8. The van der Waals surface area contributed by atoms with Gasteiger partial charge in [0.2, 0.25) is 11.7 Å². The van der Waals surface area contributed by atoms with Crippen molar-refractivity contribution in [3.05, 3.63) is 77.7 Å². The highest BCUT2D eigenvalue weighted by Gasteiger charge is 2.12. The Balaban J connectivity index is 1.59. The molecule has 0 atom stereocenters. The maximum Gasteiger partial charge on any atom is 0.231 e. The van der Waals surface area contributed by atoms with Gasteiger partial charge in [-0.1, -0.05) is 47.6 Å². The third-order valence-corrected chi connectivity index (χ3v) is 4.49. The molecule has 0 saturated carbocycles. The molecule has 4 heteroatoms. The summed E-state index contributed by atoms with van der Waals surface area (Å²) in [6.45, 7) is 6.07. The molecule has 0 bridgehead atoms. The van der Waals surface area contributed by atoms with E-state index in [1.807, 2.05) is 45.0 Å². The maximum atomic E-state index is 5.80. The molecule has 1 heterocycles. The van der Waals surface area contributed by atoms with E-state index in [0.29, 0.717) is 18.1 Å². The van der Waals surface area contributed by atoms with Crippen molar-refractivity contribution in [1.29, 1.82) is 0 Å². The van der Waals surface area contributed by atoms with Crippen molar-refractivity contribution in [2.45, 2.75) is 33.3 Å². The molecule has 0 unspecified atom stereocenters. The van der Waals surface area contributed by atoms with Gasteiger partial charge in [0.05, 0.1) is 12.5 Å². The SMILES string of the molecule is Cc1cc(-c2noc(Cc3cccc4ccccc34)n2)ccc1OC(C)C. The quantitative estimate of drug-likeness (QED) is 0.467. The molecule has 1 aromatic heterocycles. The largest absolute Gasteiger partial charge is 0.491 e. The summed E-state index contributed by atoms with van der Waals surface area (Å²) < 4.78 is 11.3. The fraction of sp³-hybridized carbons (Fsp3) is 0.217. The van der Waals surface area contributed by atoms with Gasteiger partial charge in [-0.05, 0) is 60.9 Å². The maximum absolute atomic E-state index is 5.80. The predicted molar refractivity (Wildman–Crippen MR) is 107 cm³/mol. The third kappa shape index (κ3) is 3.70. The number of nitrogens with zero attached hydrogens (tertiary/aromatic N) is 2. The van der Waals surface area contributed by atoms with E-state index in [-0.39, 0.29) is 6.10 Å². The standard InChI is InChI=1S/C23H22N2O2/c1-15(2)26-21-12-11-19(13-16(21)3)23-24-22(27-25-23)14-18-9-6-8-17-7-4-5-10-20(17)18/h4-13,15H,14H2,1-3H3. The van der Waals surface area contributed by atoms with Crippen molar-refractivity contribution in [2.75, 3.05) is 0 Å². The first-order chi connectivity index (χ1) is 13.1. The molecule has 0 aliphatic heterocycles. The van der Waals surface area contributed by atoms with E-state index in [1.54, 1.807) is 0 Å². The van der Waals surface area contributed by atoms with Crippen molar-refractivity contribution in [3.8, 4) is 17.1 Å². The first-order valence-electron chi connectivity index (χ1n) is 9.17. The molecule has 0 aliphatic carbocycles. The number of hydrogen-bond acceptors (Lipinski definition) is 4. The average molecular weight is 358 g/mol. The van der Waals surface area contributed by atoms with Crippen LogP contribution in [0.2, 0.25) is 0 Å². The van der Waals surface area contributed by atoms with E-state index < -0.39 is 0 Å². The van der Waals surface area contributed by atoms with Crippen molar-refractivity contribution in [1.82, 2.24) is 10.1 Å². The first kappa shape index (κ1) is 17.3. The first-order valence-corrected chi connectivity index (χ1v) is 9.17. The molecule has 0 radical (unpaired) electrons. The van der Waals surface area contributed by atoms with Crippen LogP contribution in [0.3, 0.4) is 0 Å². The topological polar surface area (TPSA) is 48.2 Å². The molecule has 27 heavy (non-hydrogen) atoms. The number of ether oxygens (including phenoxy) is 1. The van der Waals surface area contributed by atoms with Crippen LogP contribution >= 0.6 is 0 Å². The molecule has 4 aromatic rings. The minimum absolute atomic E-state index is 0.145. The van der Waals surface area contributed by atoms with E-state index >= 15 is 0 Å². The van der Waals surface area contributed by atoms with Gasteiger partial charge in [0, 0.05) is 5.56 Å². The number of rotatable bonds is 5. The van der Waals surface area contributed by atoms with Gasteiger partial charge >= 0.3 is 0 Å². The van der Waals surface area contributed by atoms with Gasteiger partial charge in [-0.2, -0.15) is 4.98 Å². The number of fused-ring (bicyclic) bond motifs is 1. The Labute approximate surface area is 158 Å². The van der Waals surface area contributed by atoms with Gasteiger partial charge in [0.25, 0.3) is 0 Å². The second-order valence-electron chi connectivity index (χ2n) is 6.97. The zero-order valence-electron chi connectivity index (χ0n) is 15.8. The van der Waals surface area contributed by atoms with Gasteiger partial charge in [0.1, 0.15) is 5.75 Å². The highest BCUT2D eigenvalue weighted by atomic mass is 16.5. The van der Waals surface area contributed by atoms with Crippen molar-refractivity contribution >= 4 is 10.8 Å². The zero-order valence-corrected chi connectivity index (χ0v) is 15.8. The molecule has 4 rings (SSSR count). The summed E-state index contributed by atoms with van der Waals surface area (Å²) in [5, 5.41) is 6.60. The Hall–Kier alpha value is -3.14. The Morgan fingerprint density at radius 3 is 2.63 bits per heavy atom. The Morgan fingerprint density at radius 1 is 1.00 bits per heavy atom. The summed E-state index contributed by atoms with van der Waals surface area (Å²) in [6.07, 6.45) is 0.758. The van der Waals surface area contributed by atoms with E-state index in [0.717, 1.165) is 16.9 Å². The summed E-state index contributed by atoms with van der Waals surface area (Å²) in [5.41, 5.74) is 3.17. The molecule has 0 N–H and O–H groups in total. The number of aryl methyl sites for hydroxylation is 1. The van der Waals surface area contributed by atoms with Crippen LogP contribution in [0.25, 0.3) is 22.2 Å². The highest BCUT2D eigenvalue weighted by molar-refractivity contribution is 5.85. The van der Waals surface area contributed by atoms with Crippen LogP contribution in [-0.4, -0.2) is 16.2 Å². The average Bonchev–Trinajstić information content (AvgIpc) is 3.12. The van der Waals surface area contributed by atoms with Crippen molar-refractivity contribution in [3.63, 3.8) is 0 Å². The van der Waals surface area contributed by atoms with Crippen LogP contribution < -0.4 is 4.74 Å². The Kier molecular flexibility index (Phi) is 4.63. The lowest BCUT2D eigenvalue weighted by Crippen LogP contribution is -2.06. The second-order valence-corrected chi connectivity index (χ2v) is 6.97. The van der Waals surface area contributed by atoms with Crippen LogP contribution in [0.5, 0.6) is 5.75 Å². The van der Waals surface area contributed by atoms with Crippen LogP contribution in [-0.2, 0) is 6.42 Å². The monoisotopic (exact) mass is 358 g/mol. The molecule has 4 nitrogen and oxygen atoms in total. The normalized spacial score (nSPS) is 11.3. The minimum Gasteiger partial charge on any atom is -0.491 e. The van der Waals surface area contributed by atoms with Gasteiger partial charge in [-0.3, -0.25) is 0 Å². The van der Waals surface area contributed by atoms with Crippen molar-refractivity contribution in [2.24, 2.45) is 0 Å². The van der Waals surface area contributed by atoms with E-state index in [4.69, 9.17) is 9.26 Å². The fourth-order valence-corrected chi connectivity index (χ4v) is 3.23. The number of hydrogen-bond donors (Lipinski definition) is 0. The molecular weight excluding hydrogens is 336 g/mol. The molecular formula is C23H22N2O2. The fourth-order valence-electron chi connectivity index (χ4n) is 3.23. The third-order valence-electron chi connectivity index (χ3n) is 4.49. The lowest BCUT2D eigenvalue weighted by atomic mass is 10.0. The van der Waals surface area contributed by atoms with Crippen LogP contribution in [0.4, 0.5) is 0 Å². The summed E-state index contributed by atoms with van der Waals surface area (Å²) in [6, 6.07) is 20.6. The van der Waals surface area contributed by atoms with Crippen LogP contribution in [0, 0.1) is 6.92 Å². The summed E-state index contributed by atoms with van der Waals surface area (Å²) in [5.74, 6) is 2.10. The summed E-state index contributed by atoms with van der Waals surface area (Å²) in [4.78, 5) is 4.60. The van der Waals surface area contributed by atoms with E-state index in [1.165, 1.54) is 16.3 Å². The van der Waals surface area contributed by atoms with Gasteiger partial charge in [-0.25, -0.2) is 0 Å². The second kappa shape index (κ2) is 7.23. The highest BCUT2D eigenvalue weighted by Crippen LogP contribution is 2.26. The van der Waals surface area contributed by atoms with E-state index in [9.17, 15) is 0 Å². The molecule has 0 aliphatic rings.